The van der Waals surface area contributed by atoms with Crippen LogP contribution in [0.5, 0.6) is 0 Å². The van der Waals surface area contributed by atoms with E-state index >= 15 is 0 Å². The summed E-state index contributed by atoms with van der Waals surface area (Å²) in [5.74, 6) is 0. The molecule has 0 amide bonds. The average Bonchev–Trinajstić information content (AvgIpc) is 2.26. The van der Waals surface area contributed by atoms with Gasteiger partial charge in [0.25, 0.3) is 0 Å². The first-order valence-corrected chi connectivity index (χ1v) is 6.85. The molecule has 2 heteroatoms. The summed E-state index contributed by atoms with van der Waals surface area (Å²) in [5, 5.41) is 0. The smallest absolute Gasteiger partial charge is 0.119 e. The zero-order valence-electron chi connectivity index (χ0n) is 10.8. The van der Waals surface area contributed by atoms with Gasteiger partial charge in [-0.25, -0.2) is 0 Å². The largest absolute Gasteiger partial charge is 0.303 e. The molecular weight excluding hydrogens is 248 g/mol. The van der Waals surface area contributed by atoms with Crippen LogP contribution in [0.2, 0.25) is 0 Å². The van der Waals surface area contributed by atoms with Gasteiger partial charge in [-0.1, -0.05) is 71.1 Å². The van der Waals surface area contributed by atoms with Gasteiger partial charge in [0.2, 0.25) is 0 Å². The summed E-state index contributed by atoms with van der Waals surface area (Å²) in [6, 6.07) is 0. The quantitative estimate of drug-likeness (QED) is 0.282. The summed E-state index contributed by atoms with van der Waals surface area (Å²) in [6.45, 7) is 2.26. The Labute approximate surface area is 112 Å². The molecule has 0 unspecified atom stereocenters. The summed E-state index contributed by atoms with van der Waals surface area (Å²) >= 11 is 0. The van der Waals surface area contributed by atoms with Crippen molar-refractivity contribution >= 4 is 6.29 Å². The fourth-order valence-electron chi connectivity index (χ4n) is 1.89. The number of aldehydes is 1. The van der Waals surface area contributed by atoms with E-state index in [2.05, 4.69) is 6.92 Å². The van der Waals surface area contributed by atoms with E-state index in [1.807, 2.05) is 0 Å². The van der Waals surface area contributed by atoms with E-state index in [0.29, 0.717) is 0 Å². The number of unbranched alkanes of at least 4 members (excludes halogenated alkanes) is 11. The summed E-state index contributed by atoms with van der Waals surface area (Å²) in [5.41, 5.74) is 0. The molecule has 0 aromatic heterocycles. The standard InChI is InChI=1S/C14H28O.Cu/c1-2-3-4-5-6-7-8-9-10-11-12-13-14-15;/h14H,2-13H2,1H3;. The zero-order chi connectivity index (χ0) is 11.2. The van der Waals surface area contributed by atoms with Crippen molar-refractivity contribution in [1.82, 2.24) is 0 Å². The van der Waals surface area contributed by atoms with Gasteiger partial charge >= 0.3 is 0 Å². The van der Waals surface area contributed by atoms with Crippen molar-refractivity contribution in [3.05, 3.63) is 0 Å². The van der Waals surface area contributed by atoms with E-state index in [0.717, 1.165) is 19.1 Å². The molecule has 0 bridgehead atoms. The Balaban J connectivity index is 0. The molecule has 0 aromatic carbocycles. The Morgan fingerprint density at radius 3 is 1.44 bits per heavy atom. The number of carbonyl (C=O) groups excluding carboxylic acids is 1. The number of hydrogen-bond acceptors (Lipinski definition) is 1. The molecule has 101 valence electrons. The van der Waals surface area contributed by atoms with Crippen LogP contribution in [0.15, 0.2) is 0 Å². The second kappa shape index (κ2) is 17.6. The van der Waals surface area contributed by atoms with Crippen LogP contribution < -0.4 is 0 Å². The molecule has 0 aliphatic heterocycles. The minimum atomic E-state index is 0. The van der Waals surface area contributed by atoms with Crippen LogP contribution in [-0.4, -0.2) is 6.29 Å². The average molecular weight is 276 g/mol. The molecule has 1 radical (unpaired) electrons. The van der Waals surface area contributed by atoms with Crippen LogP contribution >= 0.6 is 0 Å². The SMILES string of the molecule is CCCCCCCCCCCCCC=O.[Cu]. The molecule has 1 nitrogen and oxygen atoms in total. The second-order valence-corrected chi connectivity index (χ2v) is 4.49. The van der Waals surface area contributed by atoms with Crippen molar-refractivity contribution in [2.45, 2.75) is 84.0 Å². The van der Waals surface area contributed by atoms with Crippen molar-refractivity contribution in [2.75, 3.05) is 0 Å². The summed E-state index contributed by atoms with van der Waals surface area (Å²) in [6.07, 6.45) is 16.7. The molecule has 0 saturated carbocycles. The van der Waals surface area contributed by atoms with Gasteiger partial charge in [0.15, 0.2) is 0 Å². The third-order valence-corrected chi connectivity index (χ3v) is 2.93. The molecule has 0 aliphatic rings. The van der Waals surface area contributed by atoms with Crippen LogP contribution in [-0.2, 0) is 21.9 Å². The van der Waals surface area contributed by atoms with Crippen molar-refractivity contribution in [1.29, 1.82) is 0 Å². The molecule has 0 fully saturated rings. The normalized spacial score (nSPS) is 9.81. The molecule has 0 aliphatic carbocycles. The van der Waals surface area contributed by atoms with Gasteiger partial charge in [-0.2, -0.15) is 0 Å². The third kappa shape index (κ3) is 16.6. The maximum absolute atomic E-state index is 10.1. The predicted molar refractivity (Wildman–Crippen MR) is 67.1 cm³/mol. The van der Waals surface area contributed by atoms with Crippen molar-refractivity contribution < 1.29 is 21.9 Å². The molecule has 0 aromatic rings. The van der Waals surface area contributed by atoms with Gasteiger partial charge in [0.05, 0.1) is 0 Å². The Morgan fingerprint density at radius 2 is 1.06 bits per heavy atom. The predicted octanol–water partition coefficient (Wildman–Crippen LogP) is 4.88. The van der Waals surface area contributed by atoms with Gasteiger partial charge in [-0.3, -0.25) is 0 Å². The van der Waals surface area contributed by atoms with Crippen molar-refractivity contribution in [3.8, 4) is 0 Å². The van der Waals surface area contributed by atoms with Crippen LogP contribution in [0.3, 0.4) is 0 Å². The topological polar surface area (TPSA) is 17.1 Å². The zero-order valence-corrected chi connectivity index (χ0v) is 11.7. The van der Waals surface area contributed by atoms with Crippen molar-refractivity contribution in [2.24, 2.45) is 0 Å². The molecule has 0 rings (SSSR count). The van der Waals surface area contributed by atoms with Gasteiger partial charge in [-0.15, -0.1) is 0 Å². The van der Waals surface area contributed by atoms with E-state index in [4.69, 9.17) is 0 Å². The fourth-order valence-corrected chi connectivity index (χ4v) is 1.89. The Bertz CT molecular complexity index is 126. The molecule has 0 heterocycles. The van der Waals surface area contributed by atoms with E-state index in [-0.39, 0.29) is 17.1 Å². The van der Waals surface area contributed by atoms with Gasteiger partial charge in [0, 0.05) is 23.5 Å². The van der Waals surface area contributed by atoms with E-state index in [1.54, 1.807) is 0 Å². The van der Waals surface area contributed by atoms with Crippen molar-refractivity contribution in [3.63, 3.8) is 0 Å². The second-order valence-electron chi connectivity index (χ2n) is 4.49. The number of carbonyl (C=O) groups is 1. The Hall–Kier alpha value is 0.189. The summed E-state index contributed by atoms with van der Waals surface area (Å²) in [7, 11) is 0. The molecule has 0 N–H and O–H groups in total. The first-order valence-electron chi connectivity index (χ1n) is 6.85. The maximum Gasteiger partial charge on any atom is 0.119 e. The molecule has 16 heavy (non-hydrogen) atoms. The summed E-state index contributed by atoms with van der Waals surface area (Å²) < 4.78 is 0. The minimum Gasteiger partial charge on any atom is -0.303 e. The first-order chi connectivity index (χ1) is 7.41. The summed E-state index contributed by atoms with van der Waals surface area (Å²) in [4.78, 5) is 10.1. The Kier molecular flexibility index (Phi) is 20.4. The van der Waals surface area contributed by atoms with E-state index in [9.17, 15) is 4.79 Å². The molecular formula is C14H28CuO. The monoisotopic (exact) mass is 275 g/mol. The van der Waals surface area contributed by atoms with Gasteiger partial charge in [-0.05, 0) is 6.42 Å². The number of hydrogen-bond donors (Lipinski definition) is 0. The van der Waals surface area contributed by atoms with Crippen LogP contribution in [0.4, 0.5) is 0 Å². The third-order valence-electron chi connectivity index (χ3n) is 2.93. The van der Waals surface area contributed by atoms with E-state index in [1.165, 1.54) is 64.2 Å². The minimum absolute atomic E-state index is 0. The Morgan fingerprint density at radius 1 is 0.688 bits per heavy atom. The van der Waals surface area contributed by atoms with Crippen LogP contribution in [0.25, 0.3) is 0 Å². The van der Waals surface area contributed by atoms with Crippen LogP contribution in [0.1, 0.15) is 84.0 Å². The van der Waals surface area contributed by atoms with E-state index < -0.39 is 0 Å². The van der Waals surface area contributed by atoms with Gasteiger partial charge < -0.3 is 4.79 Å². The molecule has 0 atom stereocenters. The van der Waals surface area contributed by atoms with Gasteiger partial charge in [0.1, 0.15) is 6.29 Å². The maximum atomic E-state index is 10.1. The molecule has 0 spiro atoms. The first kappa shape index (κ1) is 18.6. The van der Waals surface area contributed by atoms with Crippen LogP contribution in [0, 0.1) is 0 Å². The number of rotatable bonds is 12. The fraction of sp³-hybridized carbons (Fsp3) is 0.929. The molecule has 0 saturated heterocycles.